The zero-order valence-electron chi connectivity index (χ0n) is 12.4. The standard InChI is InChI=1S/C13H24N4O2S/c1-4-10-20(18,19)16-12-6-7-13(15-11-12)14-8-5-9-17(2)3/h6-7,11,16H,4-5,8-10H2,1-3H3,(H,14,15). The Bertz CT molecular complexity index is 486. The molecule has 1 aromatic heterocycles. The summed E-state index contributed by atoms with van der Waals surface area (Å²) in [6.07, 6.45) is 3.15. The minimum absolute atomic E-state index is 0.123. The Hall–Kier alpha value is -1.34. The van der Waals surface area contributed by atoms with Crippen molar-refractivity contribution in [3.63, 3.8) is 0 Å². The topological polar surface area (TPSA) is 74.3 Å². The number of aromatic nitrogens is 1. The van der Waals surface area contributed by atoms with E-state index in [0.717, 1.165) is 25.3 Å². The number of nitrogens with one attached hydrogen (secondary N) is 2. The van der Waals surface area contributed by atoms with Crippen molar-refractivity contribution in [2.45, 2.75) is 19.8 Å². The largest absolute Gasteiger partial charge is 0.370 e. The fourth-order valence-electron chi connectivity index (χ4n) is 1.67. The van der Waals surface area contributed by atoms with E-state index in [1.807, 2.05) is 21.0 Å². The van der Waals surface area contributed by atoms with E-state index in [9.17, 15) is 8.42 Å². The fourth-order valence-corrected chi connectivity index (χ4v) is 2.79. The molecule has 0 spiro atoms. The van der Waals surface area contributed by atoms with Gasteiger partial charge in [0.1, 0.15) is 5.82 Å². The summed E-state index contributed by atoms with van der Waals surface area (Å²) in [5.41, 5.74) is 0.497. The first-order valence-corrected chi connectivity index (χ1v) is 8.43. The van der Waals surface area contributed by atoms with E-state index in [1.54, 1.807) is 12.1 Å². The molecule has 20 heavy (non-hydrogen) atoms. The minimum Gasteiger partial charge on any atom is -0.370 e. The van der Waals surface area contributed by atoms with Crippen LogP contribution in [0.2, 0.25) is 0 Å². The maximum absolute atomic E-state index is 11.6. The predicted molar refractivity (Wildman–Crippen MR) is 83.6 cm³/mol. The second kappa shape index (κ2) is 8.06. The molecule has 1 rings (SSSR count). The zero-order chi connectivity index (χ0) is 15.0. The van der Waals surface area contributed by atoms with Gasteiger partial charge in [0.2, 0.25) is 10.0 Å². The van der Waals surface area contributed by atoms with Gasteiger partial charge in [0.05, 0.1) is 17.6 Å². The number of nitrogens with zero attached hydrogens (tertiary/aromatic N) is 2. The Morgan fingerprint density at radius 2 is 2.05 bits per heavy atom. The Morgan fingerprint density at radius 1 is 1.30 bits per heavy atom. The summed E-state index contributed by atoms with van der Waals surface area (Å²) in [6.45, 7) is 3.69. The molecule has 0 aliphatic heterocycles. The van der Waals surface area contributed by atoms with E-state index in [0.29, 0.717) is 12.1 Å². The maximum Gasteiger partial charge on any atom is 0.232 e. The van der Waals surface area contributed by atoms with Crippen LogP contribution in [-0.4, -0.2) is 51.2 Å². The van der Waals surface area contributed by atoms with Crippen molar-refractivity contribution in [3.8, 4) is 0 Å². The highest BCUT2D eigenvalue weighted by molar-refractivity contribution is 7.92. The number of rotatable bonds is 9. The van der Waals surface area contributed by atoms with Gasteiger partial charge in [-0.25, -0.2) is 13.4 Å². The summed E-state index contributed by atoms with van der Waals surface area (Å²) >= 11 is 0. The van der Waals surface area contributed by atoms with Gasteiger partial charge in [-0.3, -0.25) is 4.72 Å². The van der Waals surface area contributed by atoms with E-state index < -0.39 is 10.0 Å². The number of hydrogen-bond acceptors (Lipinski definition) is 5. The molecule has 0 atom stereocenters. The Kier molecular flexibility index (Phi) is 6.74. The monoisotopic (exact) mass is 300 g/mol. The lowest BCUT2D eigenvalue weighted by molar-refractivity contribution is 0.405. The molecule has 2 N–H and O–H groups in total. The van der Waals surface area contributed by atoms with Gasteiger partial charge < -0.3 is 10.2 Å². The highest BCUT2D eigenvalue weighted by atomic mass is 32.2. The van der Waals surface area contributed by atoms with Crippen LogP contribution in [0.25, 0.3) is 0 Å². The zero-order valence-corrected chi connectivity index (χ0v) is 13.2. The van der Waals surface area contributed by atoms with E-state index >= 15 is 0 Å². The van der Waals surface area contributed by atoms with Crippen molar-refractivity contribution in [1.82, 2.24) is 9.88 Å². The normalized spacial score (nSPS) is 11.6. The van der Waals surface area contributed by atoms with Crippen LogP contribution in [-0.2, 0) is 10.0 Å². The second-order valence-corrected chi connectivity index (χ2v) is 6.78. The highest BCUT2D eigenvalue weighted by Crippen LogP contribution is 2.11. The van der Waals surface area contributed by atoms with Gasteiger partial charge in [-0.1, -0.05) is 6.92 Å². The van der Waals surface area contributed by atoms with Crippen LogP contribution in [0.4, 0.5) is 11.5 Å². The number of pyridine rings is 1. The summed E-state index contributed by atoms with van der Waals surface area (Å²) in [5, 5.41) is 3.20. The van der Waals surface area contributed by atoms with E-state index in [1.165, 1.54) is 6.20 Å². The van der Waals surface area contributed by atoms with Crippen molar-refractivity contribution in [3.05, 3.63) is 18.3 Å². The van der Waals surface area contributed by atoms with Crippen LogP contribution in [0.5, 0.6) is 0 Å². The Labute approximate surface area is 121 Å². The van der Waals surface area contributed by atoms with Crippen LogP contribution in [0.3, 0.4) is 0 Å². The Morgan fingerprint density at radius 3 is 2.60 bits per heavy atom. The van der Waals surface area contributed by atoms with Crippen LogP contribution in [0.1, 0.15) is 19.8 Å². The van der Waals surface area contributed by atoms with E-state index in [-0.39, 0.29) is 5.75 Å². The summed E-state index contributed by atoms with van der Waals surface area (Å²) in [6, 6.07) is 3.49. The molecule has 1 heterocycles. The molecule has 1 aromatic rings. The molecule has 0 bridgehead atoms. The average molecular weight is 300 g/mol. The molecule has 6 nitrogen and oxygen atoms in total. The molecule has 7 heteroatoms. The van der Waals surface area contributed by atoms with E-state index in [4.69, 9.17) is 0 Å². The molecule has 0 aliphatic carbocycles. The third kappa shape index (κ3) is 6.72. The highest BCUT2D eigenvalue weighted by Gasteiger charge is 2.08. The van der Waals surface area contributed by atoms with Gasteiger partial charge >= 0.3 is 0 Å². The summed E-state index contributed by atoms with van der Waals surface area (Å²) in [7, 11) is 0.830. The van der Waals surface area contributed by atoms with Gasteiger partial charge in [-0.05, 0) is 45.6 Å². The molecule has 0 saturated carbocycles. The van der Waals surface area contributed by atoms with Crippen LogP contribution >= 0.6 is 0 Å². The molecular formula is C13H24N4O2S. The SMILES string of the molecule is CCCS(=O)(=O)Nc1ccc(NCCCN(C)C)nc1. The maximum atomic E-state index is 11.6. The lowest BCUT2D eigenvalue weighted by Crippen LogP contribution is -2.17. The molecule has 0 amide bonds. The van der Waals surface area contributed by atoms with Crippen LogP contribution < -0.4 is 10.0 Å². The van der Waals surface area contributed by atoms with Gasteiger partial charge in [0.15, 0.2) is 0 Å². The molecule has 0 aliphatic rings. The molecule has 0 aromatic carbocycles. The van der Waals surface area contributed by atoms with Crippen molar-refractivity contribution in [2.75, 3.05) is 43.0 Å². The number of sulfonamides is 1. The van der Waals surface area contributed by atoms with Gasteiger partial charge in [0.25, 0.3) is 0 Å². The molecule has 0 radical (unpaired) electrons. The van der Waals surface area contributed by atoms with Crippen molar-refractivity contribution in [1.29, 1.82) is 0 Å². The van der Waals surface area contributed by atoms with E-state index in [2.05, 4.69) is 19.9 Å². The van der Waals surface area contributed by atoms with Crippen molar-refractivity contribution < 1.29 is 8.42 Å². The van der Waals surface area contributed by atoms with Gasteiger partial charge in [0, 0.05) is 6.54 Å². The first-order valence-electron chi connectivity index (χ1n) is 6.78. The van der Waals surface area contributed by atoms with Crippen molar-refractivity contribution in [2.24, 2.45) is 0 Å². The summed E-state index contributed by atoms with van der Waals surface area (Å²) in [4.78, 5) is 6.31. The number of hydrogen-bond donors (Lipinski definition) is 2. The van der Waals surface area contributed by atoms with Gasteiger partial charge in [-0.15, -0.1) is 0 Å². The van der Waals surface area contributed by atoms with Crippen LogP contribution in [0, 0.1) is 0 Å². The first-order chi connectivity index (χ1) is 9.43. The lowest BCUT2D eigenvalue weighted by atomic mass is 10.4. The third-order valence-corrected chi connectivity index (χ3v) is 4.09. The van der Waals surface area contributed by atoms with Crippen molar-refractivity contribution >= 4 is 21.5 Å². The molecular weight excluding hydrogens is 276 g/mol. The molecule has 0 saturated heterocycles. The molecule has 114 valence electrons. The molecule has 0 unspecified atom stereocenters. The number of anilines is 2. The smallest absolute Gasteiger partial charge is 0.232 e. The fraction of sp³-hybridized carbons (Fsp3) is 0.615. The second-order valence-electron chi connectivity index (χ2n) is 4.94. The van der Waals surface area contributed by atoms with Gasteiger partial charge in [-0.2, -0.15) is 0 Å². The quantitative estimate of drug-likeness (QED) is 0.678. The predicted octanol–water partition coefficient (Wildman–Crippen LogP) is 1.60. The first kappa shape index (κ1) is 16.7. The molecule has 0 fully saturated rings. The average Bonchev–Trinajstić information content (AvgIpc) is 2.35. The summed E-state index contributed by atoms with van der Waals surface area (Å²) in [5.74, 6) is 0.875. The van der Waals surface area contributed by atoms with Crippen LogP contribution in [0.15, 0.2) is 18.3 Å². The third-order valence-electron chi connectivity index (χ3n) is 2.60. The Balaban J connectivity index is 2.44. The lowest BCUT2D eigenvalue weighted by Gasteiger charge is -2.11. The minimum atomic E-state index is -3.24. The summed E-state index contributed by atoms with van der Waals surface area (Å²) < 4.78 is 25.7.